The lowest BCUT2D eigenvalue weighted by molar-refractivity contribution is 0.155. The quantitative estimate of drug-likeness (QED) is 0.653. The molecule has 0 saturated carbocycles. The van der Waals surface area contributed by atoms with E-state index in [9.17, 15) is 0 Å². The van der Waals surface area contributed by atoms with Crippen molar-refractivity contribution in [1.82, 2.24) is 4.57 Å². The highest BCUT2D eigenvalue weighted by atomic mass is 16.3. The first-order chi connectivity index (χ1) is 5.20. The lowest BCUT2D eigenvalue weighted by Crippen LogP contribution is -2.36. The summed E-state index contributed by atoms with van der Waals surface area (Å²) >= 11 is 0. The van der Waals surface area contributed by atoms with Crippen molar-refractivity contribution in [1.29, 1.82) is 0 Å². The summed E-state index contributed by atoms with van der Waals surface area (Å²) in [7, 11) is 0. The Kier molecular flexibility index (Phi) is 2.68. The SMILES string of the molecule is CC(O)C(N)Cn1cccc1. The van der Waals surface area contributed by atoms with Gasteiger partial charge in [-0.15, -0.1) is 0 Å². The number of aliphatic hydroxyl groups excluding tert-OH is 1. The van der Waals surface area contributed by atoms with Crippen LogP contribution in [0.25, 0.3) is 0 Å². The minimum absolute atomic E-state index is 0.178. The van der Waals surface area contributed by atoms with E-state index in [0.717, 1.165) is 0 Å². The molecule has 1 aromatic rings. The Bertz CT molecular complexity index is 194. The molecule has 0 aliphatic carbocycles. The van der Waals surface area contributed by atoms with E-state index in [1.165, 1.54) is 0 Å². The smallest absolute Gasteiger partial charge is 0.0680 e. The fourth-order valence-corrected chi connectivity index (χ4v) is 0.888. The Morgan fingerprint density at radius 1 is 1.45 bits per heavy atom. The third-order valence-corrected chi connectivity index (χ3v) is 1.71. The molecule has 0 saturated heterocycles. The van der Waals surface area contributed by atoms with Crippen LogP contribution in [0.2, 0.25) is 0 Å². The molecule has 0 amide bonds. The molecule has 3 heteroatoms. The van der Waals surface area contributed by atoms with Crippen LogP contribution in [0.1, 0.15) is 6.92 Å². The molecule has 0 bridgehead atoms. The monoisotopic (exact) mass is 154 g/mol. The van der Waals surface area contributed by atoms with Crippen LogP contribution in [-0.4, -0.2) is 21.8 Å². The molecule has 2 atom stereocenters. The summed E-state index contributed by atoms with van der Waals surface area (Å²) in [6, 6.07) is 3.70. The highest BCUT2D eigenvalue weighted by Gasteiger charge is 2.08. The van der Waals surface area contributed by atoms with Crippen LogP contribution in [-0.2, 0) is 6.54 Å². The summed E-state index contributed by atoms with van der Waals surface area (Å²) in [5, 5.41) is 9.08. The van der Waals surface area contributed by atoms with Crippen LogP contribution in [0.3, 0.4) is 0 Å². The first-order valence-electron chi connectivity index (χ1n) is 3.74. The molecule has 3 nitrogen and oxygen atoms in total. The second-order valence-electron chi connectivity index (χ2n) is 2.78. The normalized spacial score (nSPS) is 16.3. The second-order valence-corrected chi connectivity index (χ2v) is 2.78. The van der Waals surface area contributed by atoms with Gasteiger partial charge in [-0.1, -0.05) is 0 Å². The Labute approximate surface area is 66.4 Å². The molecule has 11 heavy (non-hydrogen) atoms. The van der Waals surface area contributed by atoms with Crippen molar-refractivity contribution in [2.75, 3.05) is 0 Å². The van der Waals surface area contributed by atoms with Gasteiger partial charge in [0.05, 0.1) is 6.10 Å². The fraction of sp³-hybridized carbons (Fsp3) is 0.500. The van der Waals surface area contributed by atoms with E-state index in [1.807, 2.05) is 29.1 Å². The Balaban J connectivity index is 2.43. The number of hydrogen-bond donors (Lipinski definition) is 2. The molecule has 1 heterocycles. The van der Waals surface area contributed by atoms with Crippen LogP contribution in [0, 0.1) is 0 Å². The minimum Gasteiger partial charge on any atom is -0.392 e. The molecule has 1 rings (SSSR count). The van der Waals surface area contributed by atoms with Crippen LogP contribution in [0.15, 0.2) is 24.5 Å². The van der Waals surface area contributed by atoms with Gasteiger partial charge in [0.25, 0.3) is 0 Å². The van der Waals surface area contributed by atoms with Gasteiger partial charge in [-0.05, 0) is 19.1 Å². The number of hydrogen-bond acceptors (Lipinski definition) is 2. The first kappa shape index (κ1) is 8.30. The van der Waals surface area contributed by atoms with Crippen molar-refractivity contribution in [3.8, 4) is 0 Å². The second kappa shape index (κ2) is 3.55. The number of nitrogens with zero attached hydrogens (tertiary/aromatic N) is 1. The number of nitrogens with two attached hydrogens (primary N) is 1. The van der Waals surface area contributed by atoms with E-state index >= 15 is 0 Å². The first-order valence-corrected chi connectivity index (χ1v) is 3.74. The molecule has 0 radical (unpaired) electrons. The van der Waals surface area contributed by atoms with Gasteiger partial charge < -0.3 is 15.4 Å². The predicted molar refractivity (Wildman–Crippen MR) is 44.1 cm³/mol. The zero-order valence-corrected chi connectivity index (χ0v) is 6.64. The van der Waals surface area contributed by atoms with Crippen LogP contribution >= 0.6 is 0 Å². The lowest BCUT2D eigenvalue weighted by Gasteiger charge is -2.14. The van der Waals surface area contributed by atoms with E-state index < -0.39 is 6.10 Å². The number of aliphatic hydroxyl groups is 1. The van der Waals surface area contributed by atoms with Gasteiger partial charge in [-0.25, -0.2) is 0 Å². The standard InChI is InChI=1S/C8H14N2O/c1-7(11)8(9)6-10-4-2-3-5-10/h2-5,7-8,11H,6,9H2,1H3. The molecular formula is C8H14N2O. The molecule has 0 aliphatic heterocycles. The van der Waals surface area contributed by atoms with Gasteiger partial charge in [-0.3, -0.25) is 0 Å². The summed E-state index contributed by atoms with van der Waals surface area (Å²) in [5.74, 6) is 0. The highest BCUT2D eigenvalue weighted by Crippen LogP contribution is 1.95. The van der Waals surface area contributed by atoms with Crippen LogP contribution in [0.5, 0.6) is 0 Å². The van der Waals surface area contributed by atoms with Crippen molar-refractivity contribution < 1.29 is 5.11 Å². The number of rotatable bonds is 3. The Morgan fingerprint density at radius 2 is 2.00 bits per heavy atom. The zero-order chi connectivity index (χ0) is 8.27. The molecule has 62 valence electrons. The molecule has 2 unspecified atom stereocenters. The minimum atomic E-state index is -0.447. The van der Waals surface area contributed by atoms with Gasteiger partial charge in [0.2, 0.25) is 0 Å². The summed E-state index contributed by atoms with van der Waals surface area (Å²) in [5.41, 5.74) is 5.64. The number of aromatic nitrogens is 1. The van der Waals surface area contributed by atoms with Crippen molar-refractivity contribution in [2.24, 2.45) is 5.73 Å². The summed E-state index contributed by atoms with van der Waals surface area (Å²) < 4.78 is 1.96. The van der Waals surface area contributed by atoms with Crippen molar-refractivity contribution in [3.63, 3.8) is 0 Å². The molecule has 0 fully saturated rings. The van der Waals surface area contributed by atoms with E-state index in [-0.39, 0.29) is 6.04 Å². The average Bonchev–Trinajstić information content (AvgIpc) is 2.39. The molecule has 1 aromatic heterocycles. The fourth-order valence-electron chi connectivity index (χ4n) is 0.888. The summed E-state index contributed by atoms with van der Waals surface area (Å²) in [6.07, 6.45) is 3.42. The maximum absolute atomic E-state index is 9.08. The van der Waals surface area contributed by atoms with E-state index in [2.05, 4.69) is 0 Å². The molecule has 0 aliphatic rings. The lowest BCUT2D eigenvalue weighted by atomic mass is 10.2. The Hall–Kier alpha value is -0.800. The van der Waals surface area contributed by atoms with Gasteiger partial charge in [0.15, 0.2) is 0 Å². The predicted octanol–water partition coefficient (Wildman–Crippen LogP) is 0.196. The average molecular weight is 154 g/mol. The Morgan fingerprint density at radius 3 is 2.45 bits per heavy atom. The zero-order valence-electron chi connectivity index (χ0n) is 6.64. The highest BCUT2D eigenvalue weighted by molar-refractivity contribution is 4.91. The van der Waals surface area contributed by atoms with Gasteiger partial charge in [-0.2, -0.15) is 0 Å². The summed E-state index contributed by atoms with van der Waals surface area (Å²) in [4.78, 5) is 0. The van der Waals surface area contributed by atoms with Gasteiger partial charge >= 0.3 is 0 Å². The van der Waals surface area contributed by atoms with Crippen LogP contribution < -0.4 is 5.73 Å². The van der Waals surface area contributed by atoms with Gasteiger partial charge in [0.1, 0.15) is 0 Å². The molecule has 0 aromatic carbocycles. The largest absolute Gasteiger partial charge is 0.392 e. The third kappa shape index (κ3) is 2.37. The van der Waals surface area contributed by atoms with Crippen molar-refractivity contribution in [2.45, 2.75) is 25.6 Å². The molecule has 3 N–H and O–H groups in total. The van der Waals surface area contributed by atoms with E-state index in [1.54, 1.807) is 6.92 Å². The van der Waals surface area contributed by atoms with E-state index in [4.69, 9.17) is 10.8 Å². The molecular weight excluding hydrogens is 140 g/mol. The van der Waals surface area contributed by atoms with Crippen molar-refractivity contribution >= 4 is 0 Å². The van der Waals surface area contributed by atoms with Crippen molar-refractivity contribution in [3.05, 3.63) is 24.5 Å². The maximum atomic E-state index is 9.08. The maximum Gasteiger partial charge on any atom is 0.0680 e. The third-order valence-electron chi connectivity index (χ3n) is 1.71. The molecule has 0 spiro atoms. The van der Waals surface area contributed by atoms with Crippen LogP contribution in [0.4, 0.5) is 0 Å². The van der Waals surface area contributed by atoms with Gasteiger partial charge in [0, 0.05) is 25.0 Å². The van der Waals surface area contributed by atoms with E-state index in [0.29, 0.717) is 6.54 Å². The topological polar surface area (TPSA) is 51.2 Å². The summed E-state index contributed by atoms with van der Waals surface area (Å²) in [6.45, 7) is 2.37.